The van der Waals surface area contributed by atoms with Crippen LogP contribution in [0.25, 0.3) is 10.1 Å². The number of methoxy groups -OCH3 is 1. The number of rotatable bonds is 5. The Morgan fingerprint density at radius 2 is 2.00 bits per heavy atom. The zero-order valence-corrected chi connectivity index (χ0v) is 19.8. The topological polar surface area (TPSA) is 61.9 Å². The maximum atomic E-state index is 13.3. The van der Waals surface area contributed by atoms with Crippen LogP contribution in [0.3, 0.4) is 0 Å². The summed E-state index contributed by atoms with van der Waals surface area (Å²) >= 11 is 7.37. The summed E-state index contributed by atoms with van der Waals surface area (Å²) in [7, 11) is -2.09. The summed E-state index contributed by atoms with van der Waals surface area (Å²) in [6.07, 6.45) is 1.11. The monoisotopic (exact) mass is 477 g/mol. The van der Waals surface area contributed by atoms with Gasteiger partial charge in [0.25, 0.3) is 10.0 Å². The van der Waals surface area contributed by atoms with Gasteiger partial charge in [-0.2, -0.15) is 0 Å². The van der Waals surface area contributed by atoms with Crippen molar-refractivity contribution in [3.8, 4) is 5.75 Å². The molecule has 6 nitrogen and oxygen atoms in total. The highest BCUT2D eigenvalue weighted by Crippen LogP contribution is 2.39. The van der Waals surface area contributed by atoms with E-state index in [4.69, 9.17) is 16.3 Å². The smallest absolute Gasteiger partial charge is 0.271 e. The first-order valence-electron chi connectivity index (χ1n) is 10.2. The van der Waals surface area contributed by atoms with E-state index in [0.29, 0.717) is 26.5 Å². The van der Waals surface area contributed by atoms with Crippen molar-refractivity contribution >= 4 is 54.4 Å². The molecule has 0 saturated carbocycles. The molecule has 5 rings (SSSR count). The number of aryl methyl sites for hydroxylation is 1. The van der Waals surface area contributed by atoms with E-state index >= 15 is 0 Å². The van der Waals surface area contributed by atoms with Gasteiger partial charge in [0.2, 0.25) is 0 Å². The molecule has 31 heavy (non-hydrogen) atoms. The van der Waals surface area contributed by atoms with Crippen molar-refractivity contribution < 1.29 is 13.2 Å². The van der Waals surface area contributed by atoms with Crippen LogP contribution in [-0.4, -0.2) is 52.6 Å². The molecule has 0 spiro atoms. The normalized spacial score (nSPS) is 20.9. The summed E-state index contributed by atoms with van der Waals surface area (Å²) in [6.45, 7) is 5.91. The van der Waals surface area contributed by atoms with Crippen molar-refractivity contribution in [3.05, 3.63) is 47.0 Å². The second-order valence-corrected chi connectivity index (χ2v) is 11.4. The highest BCUT2D eigenvalue weighted by Gasteiger charge is 2.34. The number of sulfonamides is 1. The van der Waals surface area contributed by atoms with Crippen LogP contribution in [0.5, 0.6) is 5.75 Å². The van der Waals surface area contributed by atoms with Crippen LogP contribution in [0.2, 0.25) is 5.02 Å². The van der Waals surface area contributed by atoms with Crippen LogP contribution in [-0.2, 0) is 10.0 Å². The van der Waals surface area contributed by atoms with E-state index in [9.17, 15) is 8.42 Å². The van der Waals surface area contributed by atoms with Crippen LogP contribution in [0.4, 0.5) is 11.4 Å². The van der Waals surface area contributed by atoms with Gasteiger partial charge in [-0.1, -0.05) is 11.6 Å². The predicted octanol–water partition coefficient (Wildman–Crippen LogP) is 4.57. The minimum atomic E-state index is -3.74. The Morgan fingerprint density at radius 3 is 2.81 bits per heavy atom. The maximum Gasteiger partial charge on any atom is 0.271 e. The third kappa shape index (κ3) is 3.75. The minimum Gasteiger partial charge on any atom is -0.495 e. The average Bonchev–Trinajstić information content (AvgIpc) is 3.28. The summed E-state index contributed by atoms with van der Waals surface area (Å²) in [5, 5.41) is 1.46. The number of benzene rings is 2. The van der Waals surface area contributed by atoms with E-state index in [1.54, 1.807) is 19.2 Å². The van der Waals surface area contributed by atoms with Crippen molar-refractivity contribution in [1.29, 1.82) is 0 Å². The quantitative estimate of drug-likeness (QED) is 0.583. The lowest BCUT2D eigenvalue weighted by atomic mass is 10.1. The standard InChI is InChI=1S/C22H24ClN3O3S2/c1-14-18-11-15(23)3-6-21(18)30-22(14)31(27,28)24-16-4-5-20(29-2)19(12-16)26-10-9-25-8-7-17(26)13-25/h3-6,11-12,17,24H,7-10,13H2,1-2H3. The van der Waals surface area contributed by atoms with Gasteiger partial charge in [0.15, 0.2) is 0 Å². The molecule has 3 aromatic rings. The number of anilines is 2. The molecule has 2 saturated heterocycles. The largest absolute Gasteiger partial charge is 0.495 e. The van der Waals surface area contributed by atoms with Crippen molar-refractivity contribution in [2.75, 3.05) is 42.9 Å². The molecule has 1 N–H and O–H groups in total. The Bertz CT molecular complexity index is 1260. The van der Waals surface area contributed by atoms with Crippen LogP contribution in [0.1, 0.15) is 12.0 Å². The second kappa shape index (κ2) is 7.85. The Hall–Kier alpha value is -2.00. The Morgan fingerprint density at radius 1 is 1.16 bits per heavy atom. The van der Waals surface area contributed by atoms with Gasteiger partial charge in [-0.25, -0.2) is 8.42 Å². The molecule has 2 aromatic carbocycles. The fourth-order valence-corrected chi connectivity index (χ4v) is 7.59. The first-order chi connectivity index (χ1) is 14.9. The minimum absolute atomic E-state index is 0.312. The van der Waals surface area contributed by atoms with Crippen molar-refractivity contribution in [2.24, 2.45) is 0 Å². The second-order valence-electron chi connectivity index (χ2n) is 8.08. The van der Waals surface area contributed by atoms with Gasteiger partial charge in [-0.15, -0.1) is 11.3 Å². The molecule has 1 aromatic heterocycles. The van der Waals surface area contributed by atoms with Gasteiger partial charge in [0, 0.05) is 41.9 Å². The van der Waals surface area contributed by atoms with Crippen molar-refractivity contribution in [3.63, 3.8) is 0 Å². The Balaban J connectivity index is 1.49. The van der Waals surface area contributed by atoms with E-state index in [-0.39, 0.29) is 0 Å². The molecule has 3 heterocycles. The van der Waals surface area contributed by atoms with Gasteiger partial charge in [0.1, 0.15) is 9.96 Å². The molecule has 2 bridgehead atoms. The third-order valence-electron chi connectivity index (χ3n) is 6.18. The number of hydrogen-bond donors (Lipinski definition) is 1. The number of piperazine rings is 1. The molecule has 0 radical (unpaired) electrons. The average molecular weight is 478 g/mol. The number of halogens is 1. The van der Waals surface area contributed by atoms with Gasteiger partial charge in [0.05, 0.1) is 18.5 Å². The summed E-state index contributed by atoms with van der Waals surface area (Å²) in [5.74, 6) is 0.760. The number of thiophene rings is 1. The lowest BCUT2D eigenvalue weighted by Crippen LogP contribution is -2.46. The number of ether oxygens (including phenoxy) is 1. The van der Waals surface area contributed by atoms with Gasteiger partial charge in [-0.05, 0) is 60.7 Å². The van der Waals surface area contributed by atoms with E-state index in [0.717, 1.165) is 54.1 Å². The van der Waals surface area contributed by atoms with E-state index < -0.39 is 10.0 Å². The fraction of sp³-hybridized carbons (Fsp3) is 0.364. The molecular formula is C22H24ClN3O3S2. The molecular weight excluding hydrogens is 454 g/mol. The summed E-state index contributed by atoms with van der Waals surface area (Å²) in [4.78, 5) is 4.82. The van der Waals surface area contributed by atoms with Gasteiger partial charge >= 0.3 is 0 Å². The third-order valence-corrected chi connectivity index (χ3v) is 9.69. The molecule has 164 valence electrons. The number of hydrogen-bond acceptors (Lipinski definition) is 6. The van der Waals surface area contributed by atoms with Crippen molar-refractivity contribution in [1.82, 2.24) is 4.90 Å². The van der Waals surface area contributed by atoms with Crippen LogP contribution >= 0.6 is 22.9 Å². The molecule has 2 aliphatic rings. The molecule has 2 aliphatic heterocycles. The zero-order chi connectivity index (χ0) is 21.8. The number of nitrogens with zero attached hydrogens (tertiary/aromatic N) is 2. The van der Waals surface area contributed by atoms with E-state index in [1.165, 1.54) is 11.3 Å². The van der Waals surface area contributed by atoms with E-state index in [2.05, 4.69) is 14.5 Å². The Kier molecular flexibility index (Phi) is 5.29. The SMILES string of the molecule is COc1ccc(NS(=O)(=O)c2sc3ccc(Cl)cc3c2C)cc1N1CCN2CCC1C2. The molecule has 9 heteroatoms. The highest BCUT2D eigenvalue weighted by atomic mass is 35.5. The fourth-order valence-electron chi connectivity index (χ4n) is 4.63. The number of fused-ring (bicyclic) bond motifs is 3. The Labute approximate surface area is 191 Å². The lowest BCUT2D eigenvalue weighted by Gasteiger charge is -2.37. The maximum absolute atomic E-state index is 13.3. The molecule has 0 amide bonds. The molecule has 2 fully saturated rings. The first kappa shape index (κ1) is 20.9. The van der Waals surface area contributed by atoms with E-state index in [1.807, 2.05) is 31.2 Å². The highest BCUT2D eigenvalue weighted by molar-refractivity contribution is 7.94. The number of nitrogens with one attached hydrogen (secondary N) is 1. The van der Waals surface area contributed by atoms with Crippen LogP contribution in [0.15, 0.2) is 40.6 Å². The van der Waals surface area contributed by atoms with Crippen LogP contribution in [0, 0.1) is 6.92 Å². The first-order valence-corrected chi connectivity index (χ1v) is 12.9. The van der Waals surface area contributed by atoms with Crippen LogP contribution < -0.4 is 14.4 Å². The van der Waals surface area contributed by atoms with Crippen molar-refractivity contribution in [2.45, 2.75) is 23.6 Å². The summed E-state index contributed by atoms with van der Waals surface area (Å²) in [6, 6.07) is 11.4. The molecule has 0 aliphatic carbocycles. The zero-order valence-electron chi connectivity index (χ0n) is 17.4. The molecule has 2 atom stereocenters. The lowest BCUT2D eigenvalue weighted by molar-refractivity contribution is 0.309. The van der Waals surface area contributed by atoms with Gasteiger partial charge in [-0.3, -0.25) is 9.62 Å². The molecule has 2 unspecified atom stereocenters. The summed E-state index contributed by atoms with van der Waals surface area (Å²) in [5.41, 5.74) is 2.19. The summed E-state index contributed by atoms with van der Waals surface area (Å²) < 4.78 is 36.1. The predicted molar refractivity (Wildman–Crippen MR) is 128 cm³/mol. The van der Waals surface area contributed by atoms with Gasteiger partial charge < -0.3 is 9.64 Å².